The van der Waals surface area contributed by atoms with Gasteiger partial charge in [-0.15, -0.1) is 11.6 Å². The zero-order valence-electron chi connectivity index (χ0n) is 8.66. The highest BCUT2D eigenvalue weighted by Gasteiger charge is 2.23. The predicted molar refractivity (Wildman–Crippen MR) is 59.0 cm³/mol. The van der Waals surface area contributed by atoms with Crippen LogP contribution in [-0.4, -0.2) is 21.6 Å². The summed E-state index contributed by atoms with van der Waals surface area (Å²) in [5.74, 6) is 1.31. The third kappa shape index (κ3) is 2.50. The predicted octanol–water partition coefficient (Wildman–Crippen LogP) is 1.78. The fraction of sp³-hybridized carbons (Fsp3) is 0.600. The molecular formula is C10H14ClN3O. The Kier molecular flexibility index (Phi) is 2.95. The van der Waals surface area contributed by atoms with Crippen molar-refractivity contribution in [3.05, 3.63) is 11.8 Å². The SMILES string of the molecule is Cc1cnn(CC2CC2)c1NC(=O)CCl. The Hall–Kier alpha value is -1.03. The van der Waals surface area contributed by atoms with Crippen LogP contribution in [-0.2, 0) is 11.3 Å². The van der Waals surface area contributed by atoms with Gasteiger partial charge < -0.3 is 5.32 Å². The zero-order chi connectivity index (χ0) is 10.8. The highest BCUT2D eigenvalue weighted by Crippen LogP contribution is 2.31. The number of anilines is 1. The molecule has 0 spiro atoms. The number of nitrogens with zero attached hydrogens (tertiary/aromatic N) is 2. The van der Waals surface area contributed by atoms with Crippen molar-refractivity contribution in [1.29, 1.82) is 0 Å². The van der Waals surface area contributed by atoms with Gasteiger partial charge in [-0.3, -0.25) is 4.79 Å². The van der Waals surface area contributed by atoms with E-state index in [1.165, 1.54) is 12.8 Å². The molecule has 1 amide bonds. The van der Waals surface area contributed by atoms with Gasteiger partial charge in [0.25, 0.3) is 0 Å². The molecule has 82 valence electrons. The molecule has 4 nitrogen and oxygen atoms in total. The van der Waals surface area contributed by atoms with Gasteiger partial charge in [0.1, 0.15) is 11.7 Å². The smallest absolute Gasteiger partial charge is 0.240 e. The minimum atomic E-state index is -0.183. The van der Waals surface area contributed by atoms with Crippen LogP contribution in [0.5, 0.6) is 0 Å². The van der Waals surface area contributed by atoms with Crippen LogP contribution in [0.15, 0.2) is 6.20 Å². The molecule has 1 fully saturated rings. The Balaban J connectivity index is 2.11. The van der Waals surface area contributed by atoms with E-state index in [1.807, 2.05) is 11.6 Å². The molecule has 1 aromatic rings. The van der Waals surface area contributed by atoms with E-state index in [9.17, 15) is 4.79 Å². The normalized spacial score (nSPS) is 15.3. The van der Waals surface area contributed by atoms with Gasteiger partial charge in [0.2, 0.25) is 5.91 Å². The number of halogens is 1. The van der Waals surface area contributed by atoms with Crippen LogP contribution in [0.2, 0.25) is 0 Å². The number of rotatable bonds is 4. The summed E-state index contributed by atoms with van der Waals surface area (Å²) >= 11 is 5.45. The monoisotopic (exact) mass is 227 g/mol. The van der Waals surface area contributed by atoms with Gasteiger partial charge in [0, 0.05) is 12.1 Å². The average Bonchev–Trinajstić information content (AvgIpc) is 2.98. The summed E-state index contributed by atoms with van der Waals surface area (Å²) < 4.78 is 1.86. The molecule has 0 radical (unpaired) electrons. The molecule has 1 saturated carbocycles. The highest BCUT2D eigenvalue weighted by molar-refractivity contribution is 6.29. The van der Waals surface area contributed by atoms with Crippen LogP contribution in [0.1, 0.15) is 18.4 Å². The quantitative estimate of drug-likeness (QED) is 0.798. The summed E-state index contributed by atoms with van der Waals surface area (Å²) in [7, 11) is 0. The summed E-state index contributed by atoms with van der Waals surface area (Å²) in [5, 5.41) is 7.01. The van der Waals surface area contributed by atoms with Gasteiger partial charge in [0.15, 0.2) is 0 Å². The van der Waals surface area contributed by atoms with E-state index in [1.54, 1.807) is 6.20 Å². The van der Waals surface area contributed by atoms with Crippen molar-refractivity contribution in [3.63, 3.8) is 0 Å². The number of hydrogen-bond donors (Lipinski definition) is 1. The van der Waals surface area contributed by atoms with E-state index in [0.717, 1.165) is 23.8 Å². The van der Waals surface area contributed by atoms with Crippen LogP contribution >= 0.6 is 11.6 Å². The van der Waals surface area contributed by atoms with Crippen molar-refractivity contribution in [1.82, 2.24) is 9.78 Å². The van der Waals surface area contributed by atoms with E-state index in [0.29, 0.717) is 0 Å². The first-order valence-corrected chi connectivity index (χ1v) is 5.62. The van der Waals surface area contributed by atoms with Crippen molar-refractivity contribution >= 4 is 23.3 Å². The number of aryl methyl sites for hydroxylation is 1. The minimum Gasteiger partial charge on any atom is -0.310 e. The summed E-state index contributed by atoms with van der Waals surface area (Å²) in [5.41, 5.74) is 0.981. The third-order valence-electron chi connectivity index (χ3n) is 2.53. The molecule has 1 aliphatic carbocycles. The van der Waals surface area contributed by atoms with E-state index in [2.05, 4.69) is 10.4 Å². The number of carbonyl (C=O) groups is 1. The van der Waals surface area contributed by atoms with E-state index in [4.69, 9.17) is 11.6 Å². The molecule has 1 aliphatic rings. The van der Waals surface area contributed by atoms with Gasteiger partial charge in [-0.2, -0.15) is 5.10 Å². The van der Waals surface area contributed by atoms with Crippen molar-refractivity contribution in [2.45, 2.75) is 26.3 Å². The third-order valence-corrected chi connectivity index (χ3v) is 2.77. The molecule has 1 heterocycles. The van der Waals surface area contributed by atoms with Crippen molar-refractivity contribution in [2.24, 2.45) is 5.92 Å². The standard InChI is InChI=1S/C10H14ClN3O/c1-7-5-12-14(6-8-2-3-8)10(7)13-9(15)4-11/h5,8H,2-4,6H2,1H3,(H,13,15). The number of hydrogen-bond acceptors (Lipinski definition) is 2. The van der Waals surface area contributed by atoms with E-state index in [-0.39, 0.29) is 11.8 Å². The number of amides is 1. The Morgan fingerprint density at radius 1 is 1.73 bits per heavy atom. The molecular weight excluding hydrogens is 214 g/mol. The van der Waals surface area contributed by atoms with Crippen molar-refractivity contribution in [3.8, 4) is 0 Å². The maximum absolute atomic E-state index is 11.2. The summed E-state index contributed by atoms with van der Waals surface area (Å²) in [6.07, 6.45) is 4.30. The molecule has 0 saturated heterocycles. The minimum absolute atomic E-state index is 0.0198. The maximum Gasteiger partial charge on any atom is 0.240 e. The first-order chi connectivity index (χ1) is 7.20. The van der Waals surface area contributed by atoms with Gasteiger partial charge in [-0.1, -0.05) is 0 Å². The fourth-order valence-corrected chi connectivity index (χ4v) is 1.56. The second kappa shape index (κ2) is 4.23. The van der Waals surface area contributed by atoms with Crippen LogP contribution in [0.25, 0.3) is 0 Å². The van der Waals surface area contributed by atoms with Crippen molar-refractivity contribution < 1.29 is 4.79 Å². The number of nitrogens with one attached hydrogen (secondary N) is 1. The molecule has 0 atom stereocenters. The second-order valence-electron chi connectivity index (χ2n) is 3.98. The lowest BCUT2D eigenvalue weighted by atomic mass is 10.3. The largest absolute Gasteiger partial charge is 0.310 e. The van der Waals surface area contributed by atoms with Gasteiger partial charge in [0.05, 0.1) is 6.20 Å². The van der Waals surface area contributed by atoms with Gasteiger partial charge in [-0.25, -0.2) is 4.68 Å². The molecule has 0 unspecified atom stereocenters. The lowest BCUT2D eigenvalue weighted by Crippen LogP contribution is -2.17. The molecule has 0 bridgehead atoms. The molecule has 2 rings (SSSR count). The molecule has 15 heavy (non-hydrogen) atoms. The lowest BCUT2D eigenvalue weighted by Gasteiger charge is -2.08. The van der Waals surface area contributed by atoms with Gasteiger partial charge >= 0.3 is 0 Å². The first-order valence-electron chi connectivity index (χ1n) is 5.09. The van der Waals surface area contributed by atoms with Crippen LogP contribution in [0.3, 0.4) is 0 Å². The topological polar surface area (TPSA) is 46.9 Å². The molecule has 1 aromatic heterocycles. The first kappa shape index (κ1) is 10.5. The zero-order valence-corrected chi connectivity index (χ0v) is 9.42. The Morgan fingerprint density at radius 3 is 3.07 bits per heavy atom. The molecule has 5 heteroatoms. The summed E-state index contributed by atoms with van der Waals surface area (Å²) in [4.78, 5) is 11.2. The average molecular weight is 228 g/mol. The highest BCUT2D eigenvalue weighted by atomic mass is 35.5. The van der Waals surface area contributed by atoms with Crippen LogP contribution in [0, 0.1) is 12.8 Å². The molecule has 0 aliphatic heterocycles. The Bertz CT molecular complexity index is 371. The second-order valence-corrected chi connectivity index (χ2v) is 4.25. The number of aromatic nitrogens is 2. The lowest BCUT2D eigenvalue weighted by molar-refractivity contribution is -0.114. The summed E-state index contributed by atoms with van der Waals surface area (Å²) in [6, 6.07) is 0. The fourth-order valence-electron chi connectivity index (χ4n) is 1.49. The number of carbonyl (C=O) groups excluding carboxylic acids is 1. The van der Waals surface area contributed by atoms with Crippen molar-refractivity contribution in [2.75, 3.05) is 11.2 Å². The van der Waals surface area contributed by atoms with E-state index < -0.39 is 0 Å². The maximum atomic E-state index is 11.2. The molecule has 1 N–H and O–H groups in total. The van der Waals surface area contributed by atoms with E-state index >= 15 is 0 Å². The van der Waals surface area contributed by atoms with Crippen LogP contribution < -0.4 is 5.32 Å². The summed E-state index contributed by atoms with van der Waals surface area (Å²) in [6.45, 7) is 2.83. The van der Waals surface area contributed by atoms with Gasteiger partial charge in [-0.05, 0) is 25.7 Å². The number of alkyl halides is 1. The Morgan fingerprint density at radius 2 is 2.47 bits per heavy atom. The molecule has 0 aromatic carbocycles. The van der Waals surface area contributed by atoms with Crippen LogP contribution in [0.4, 0.5) is 5.82 Å². The Labute approximate surface area is 93.6 Å².